The highest BCUT2D eigenvalue weighted by atomic mass is 79.9. The minimum absolute atomic E-state index is 0.0251. The highest BCUT2D eigenvalue weighted by Crippen LogP contribution is 2.22. The normalized spacial score (nSPS) is 11.2. The first-order valence-electron chi connectivity index (χ1n) is 9.30. The lowest BCUT2D eigenvalue weighted by atomic mass is 10.1. The number of thiocarbonyl (C=S) groups is 1. The number of nitrogens with one attached hydrogen (secondary N) is 3. The molecule has 3 aromatic carbocycles. The second kappa shape index (κ2) is 10.2. The molecule has 0 aliphatic rings. The summed E-state index contributed by atoms with van der Waals surface area (Å²) in [6.07, 6.45) is 0. The number of hydrogen-bond donors (Lipinski definition) is 3. The summed E-state index contributed by atoms with van der Waals surface area (Å²) in [5.41, 5.74) is 2.06. The lowest BCUT2D eigenvalue weighted by molar-refractivity contribution is 0.102. The van der Waals surface area contributed by atoms with Gasteiger partial charge in [-0.25, -0.2) is 4.39 Å². The van der Waals surface area contributed by atoms with Crippen molar-refractivity contribution in [3.63, 3.8) is 0 Å². The third-order valence-corrected chi connectivity index (χ3v) is 5.23. The average Bonchev–Trinajstić information content (AvgIpc) is 2.75. The summed E-state index contributed by atoms with van der Waals surface area (Å²) < 4.78 is 14.8. The average molecular weight is 497 g/mol. The zero-order valence-corrected chi connectivity index (χ0v) is 18.9. The van der Waals surface area contributed by atoms with Crippen molar-refractivity contribution in [2.24, 2.45) is 0 Å². The van der Waals surface area contributed by atoms with Crippen LogP contribution in [0.25, 0.3) is 0 Å². The zero-order valence-electron chi connectivity index (χ0n) is 16.4. The fourth-order valence-corrected chi connectivity index (χ4v) is 3.42. The second-order valence-corrected chi connectivity index (χ2v) is 8.00. The van der Waals surface area contributed by atoms with Crippen LogP contribution in [0.15, 0.2) is 71.2 Å². The van der Waals surface area contributed by atoms with Gasteiger partial charge >= 0.3 is 0 Å². The van der Waals surface area contributed by atoms with Crippen LogP contribution in [0, 0.1) is 17.1 Å². The molecular formula is C23H18BrFN4OS. The van der Waals surface area contributed by atoms with Crippen molar-refractivity contribution < 1.29 is 9.18 Å². The Labute approximate surface area is 193 Å². The second-order valence-electron chi connectivity index (χ2n) is 6.68. The number of amides is 1. The van der Waals surface area contributed by atoms with E-state index in [9.17, 15) is 14.4 Å². The number of nitriles is 1. The Balaban J connectivity index is 1.67. The number of carbonyl (C=O) groups is 1. The van der Waals surface area contributed by atoms with Crippen LogP contribution in [-0.2, 0) is 0 Å². The van der Waals surface area contributed by atoms with Gasteiger partial charge in [0.2, 0.25) is 0 Å². The van der Waals surface area contributed by atoms with E-state index < -0.39 is 11.7 Å². The van der Waals surface area contributed by atoms with Gasteiger partial charge in [-0.1, -0.05) is 40.2 Å². The molecule has 0 radical (unpaired) electrons. The number of nitrogens with zero attached hydrogens (tertiary/aromatic N) is 1. The Kier molecular flexibility index (Phi) is 7.34. The molecule has 1 atom stereocenters. The first-order valence-corrected chi connectivity index (χ1v) is 10.5. The molecule has 0 aromatic heterocycles. The fraction of sp³-hybridized carbons (Fsp3) is 0.0870. The first-order chi connectivity index (χ1) is 14.9. The van der Waals surface area contributed by atoms with E-state index in [-0.39, 0.29) is 22.9 Å². The Hall–Kier alpha value is -3.28. The van der Waals surface area contributed by atoms with E-state index in [1.807, 2.05) is 37.3 Å². The van der Waals surface area contributed by atoms with Crippen LogP contribution in [-0.4, -0.2) is 11.0 Å². The maximum Gasteiger partial charge on any atom is 0.258 e. The van der Waals surface area contributed by atoms with Crippen molar-refractivity contribution in [1.82, 2.24) is 5.32 Å². The van der Waals surface area contributed by atoms with Gasteiger partial charge in [0, 0.05) is 10.2 Å². The standard InChI is InChI=1S/C23H18BrFN4OS/c1-14(15-6-8-17(24)9-7-15)27-23(31)28-18-10-11-21(16(12-18)13-26)29-22(30)19-4-2-3-5-20(19)25/h2-12,14H,1H3,(H,29,30)(H2,27,28,31)/t14-/m0/s1. The number of benzene rings is 3. The van der Waals surface area contributed by atoms with E-state index in [1.54, 1.807) is 24.3 Å². The van der Waals surface area contributed by atoms with Gasteiger partial charge in [0.1, 0.15) is 11.9 Å². The van der Waals surface area contributed by atoms with Crippen LogP contribution in [0.5, 0.6) is 0 Å². The molecule has 5 nitrogen and oxygen atoms in total. The molecule has 1 amide bonds. The van der Waals surface area contributed by atoms with E-state index >= 15 is 0 Å². The molecule has 31 heavy (non-hydrogen) atoms. The molecule has 3 aromatic rings. The van der Waals surface area contributed by atoms with Gasteiger partial charge < -0.3 is 16.0 Å². The Morgan fingerprint density at radius 2 is 1.81 bits per heavy atom. The predicted molar refractivity (Wildman–Crippen MR) is 127 cm³/mol. The Morgan fingerprint density at radius 3 is 2.48 bits per heavy atom. The largest absolute Gasteiger partial charge is 0.356 e. The zero-order chi connectivity index (χ0) is 22.4. The summed E-state index contributed by atoms with van der Waals surface area (Å²) in [5, 5.41) is 18.7. The predicted octanol–water partition coefficient (Wildman–Crippen LogP) is 5.76. The van der Waals surface area contributed by atoms with Gasteiger partial charge in [0.25, 0.3) is 5.91 Å². The highest BCUT2D eigenvalue weighted by molar-refractivity contribution is 9.10. The fourth-order valence-electron chi connectivity index (χ4n) is 2.86. The van der Waals surface area contributed by atoms with E-state index in [0.717, 1.165) is 10.0 Å². The van der Waals surface area contributed by atoms with Crippen LogP contribution in [0.4, 0.5) is 15.8 Å². The summed E-state index contributed by atoms with van der Waals surface area (Å²) >= 11 is 8.78. The quantitative estimate of drug-likeness (QED) is 0.391. The molecule has 8 heteroatoms. The van der Waals surface area contributed by atoms with Crippen molar-refractivity contribution in [3.05, 3.63) is 93.7 Å². The van der Waals surface area contributed by atoms with Crippen LogP contribution >= 0.6 is 28.1 Å². The lowest BCUT2D eigenvalue weighted by Crippen LogP contribution is -2.30. The number of anilines is 2. The Morgan fingerprint density at radius 1 is 1.10 bits per heavy atom. The van der Waals surface area contributed by atoms with E-state index in [1.165, 1.54) is 18.2 Å². The summed E-state index contributed by atoms with van der Waals surface area (Å²) in [5.74, 6) is -1.26. The molecule has 156 valence electrons. The minimum Gasteiger partial charge on any atom is -0.356 e. The van der Waals surface area contributed by atoms with Gasteiger partial charge in [0.15, 0.2) is 5.11 Å². The number of carbonyl (C=O) groups excluding carboxylic acids is 1. The molecule has 0 bridgehead atoms. The molecule has 3 N–H and O–H groups in total. The molecular weight excluding hydrogens is 479 g/mol. The van der Waals surface area contributed by atoms with Crippen LogP contribution < -0.4 is 16.0 Å². The minimum atomic E-state index is -0.631. The smallest absolute Gasteiger partial charge is 0.258 e. The highest BCUT2D eigenvalue weighted by Gasteiger charge is 2.14. The van der Waals surface area contributed by atoms with E-state index in [4.69, 9.17) is 12.2 Å². The maximum atomic E-state index is 13.8. The van der Waals surface area contributed by atoms with Crippen LogP contribution in [0.1, 0.15) is 34.5 Å². The molecule has 0 aliphatic carbocycles. The third-order valence-electron chi connectivity index (χ3n) is 4.48. The van der Waals surface area contributed by atoms with E-state index in [0.29, 0.717) is 10.8 Å². The van der Waals surface area contributed by atoms with Crippen molar-refractivity contribution in [3.8, 4) is 6.07 Å². The third kappa shape index (κ3) is 5.87. The van der Waals surface area contributed by atoms with Gasteiger partial charge in [-0.3, -0.25) is 4.79 Å². The van der Waals surface area contributed by atoms with E-state index in [2.05, 4.69) is 31.9 Å². The first kappa shape index (κ1) is 22.4. The van der Waals surface area contributed by atoms with Crippen molar-refractivity contribution >= 4 is 50.5 Å². The van der Waals surface area contributed by atoms with Crippen molar-refractivity contribution in [2.75, 3.05) is 10.6 Å². The summed E-state index contributed by atoms with van der Waals surface area (Å²) in [4.78, 5) is 12.3. The van der Waals surface area contributed by atoms with Crippen molar-refractivity contribution in [2.45, 2.75) is 13.0 Å². The van der Waals surface area contributed by atoms with Gasteiger partial charge in [-0.15, -0.1) is 0 Å². The molecule has 0 saturated heterocycles. The van der Waals surface area contributed by atoms with Gasteiger partial charge in [0.05, 0.1) is 22.9 Å². The van der Waals surface area contributed by atoms with Gasteiger partial charge in [-0.2, -0.15) is 5.26 Å². The number of halogens is 2. The molecule has 0 saturated carbocycles. The molecule has 0 aliphatic heterocycles. The Bertz CT molecular complexity index is 1160. The van der Waals surface area contributed by atoms with Crippen molar-refractivity contribution in [1.29, 1.82) is 5.26 Å². The molecule has 0 spiro atoms. The summed E-state index contributed by atoms with van der Waals surface area (Å²) in [6.45, 7) is 1.99. The molecule has 0 unspecified atom stereocenters. The van der Waals surface area contributed by atoms with Gasteiger partial charge in [-0.05, 0) is 67.2 Å². The molecule has 3 rings (SSSR count). The SMILES string of the molecule is C[C@H](NC(=S)Nc1ccc(NC(=O)c2ccccc2F)c(C#N)c1)c1ccc(Br)cc1. The molecule has 0 fully saturated rings. The maximum absolute atomic E-state index is 13.8. The summed E-state index contributed by atoms with van der Waals surface area (Å²) in [7, 11) is 0. The lowest BCUT2D eigenvalue weighted by Gasteiger charge is -2.18. The monoisotopic (exact) mass is 496 g/mol. The molecule has 0 heterocycles. The summed E-state index contributed by atoms with van der Waals surface area (Å²) in [6, 6.07) is 20.4. The van der Waals surface area contributed by atoms with Crippen LogP contribution in [0.2, 0.25) is 0 Å². The topological polar surface area (TPSA) is 76.9 Å². The van der Waals surface area contributed by atoms with Crippen LogP contribution in [0.3, 0.4) is 0 Å². The number of hydrogen-bond acceptors (Lipinski definition) is 3. The number of rotatable bonds is 5.